The molecule has 2 nitrogen and oxygen atoms in total. The van der Waals surface area contributed by atoms with Crippen LogP contribution in [-0.2, 0) is 0 Å². The molecule has 0 aliphatic heterocycles. The largest absolute Gasteiger partial charge is 0.507 e. The van der Waals surface area contributed by atoms with Crippen LogP contribution in [0.15, 0.2) is 41.4 Å². The summed E-state index contributed by atoms with van der Waals surface area (Å²) in [6.07, 6.45) is 6.74. The third-order valence-corrected chi connectivity index (χ3v) is 2.35. The number of phenols is 1. The summed E-state index contributed by atoms with van der Waals surface area (Å²) in [7, 11) is 0. The van der Waals surface area contributed by atoms with Crippen molar-refractivity contribution < 1.29 is 5.11 Å². The summed E-state index contributed by atoms with van der Waals surface area (Å²) in [6.45, 7) is 0.322. The molecule has 16 heavy (non-hydrogen) atoms. The summed E-state index contributed by atoms with van der Waals surface area (Å²) in [6, 6.07) is 11.4. The fourth-order valence-electron chi connectivity index (χ4n) is 1.61. The molecule has 1 N–H and O–H groups in total. The van der Waals surface area contributed by atoms with Crippen LogP contribution in [0, 0.1) is 12.3 Å². The fraction of sp³-hybridized carbons (Fsp3) is 0.0714. The van der Waals surface area contributed by atoms with E-state index in [4.69, 9.17) is 6.42 Å². The van der Waals surface area contributed by atoms with Crippen molar-refractivity contribution in [2.45, 2.75) is 0 Å². The number of hydrogen-bond acceptors (Lipinski definition) is 2. The first-order valence-electron chi connectivity index (χ1n) is 4.97. The molecule has 0 saturated carbocycles. The van der Waals surface area contributed by atoms with E-state index in [1.54, 1.807) is 12.3 Å². The van der Waals surface area contributed by atoms with Gasteiger partial charge in [-0.15, -0.1) is 6.42 Å². The van der Waals surface area contributed by atoms with Crippen LogP contribution in [0.4, 0.5) is 0 Å². The van der Waals surface area contributed by atoms with E-state index in [9.17, 15) is 5.11 Å². The van der Waals surface area contributed by atoms with Gasteiger partial charge in [-0.2, -0.15) is 0 Å². The van der Waals surface area contributed by atoms with Crippen molar-refractivity contribution in [2.75, 3.05) is 6.54 Å². The van der Waals surface area contributed by atoms with Crippen molar-refractivity contribution in [3.8, 4) is 18.1 Å². The Balaban J connectivity index is 2.58. The van der Waals surface area contributed by atoms with Crippen molar-refractivity contribution in [3.63, 3.8) is 0 Å². The van der Waals surface area contributed by atoms with E-state index in [-0.39, 0.29) is 5.75 Å². The zero-order valence-corrected chi connectivity index (χ0v) is 8.72. The molecule has 2 rings (SSSR count). The lowest BCUT2D eigenvalue weighted by atomic mass is 10.0. The maximum absolute atomic E-state index is 9.76. The average Bonchev–Trinajstić information content (AvgIpc) is 2.32. The lowest BCUT2D eigenvalue weighted by Gasteiger charge is -2.04. The lowest BCUT2D eigenvalue weighted by molar-refractivity contribution is 0.475. The molecule has 0 fully saturated rings. The number of terminal acetylenes is 1. The van der Waals surface area contributed by atoms with Gasteiger partial charge in [0.15, 0.2) is 0 Å². The second-order valence-electron chi connectivity index (χ2n) is 3.39. The second-order valence-corrected chi connectivity index (χ2v) is 3.39. The molecule has 0 bridgehead atoms. The summed E-state index contributed by atoms with van der Waals surface area (Å²) in [5.41, 5.74) is 0.716. The first-order valence-corrected chi connectivity index (χ1v) is 4.97. The number of hydrogen-bond donors (Lipinski definition) is 1. The Labute approximate surface area is 94.3 Å². The zero-order valence-electron chi connectivity index (χ0n) is 8.72. The maximum atomic E-state index is 9.76. The van der Waals surface area contributed by atoms with Gasteiger partial charge in [-0.1, -0.05) is 36.3 Å². The normalized spacial score (nSPS) is 10.7. The standard InChI is InChI=1S/C14H11NO/c1-2-9-15-10-13-12-6-4-3-5-11(12)7-8-14(13)16/h1,3-8,10,16H,9H2. The molecule has 0 aliphatic carbocycles. The second kappa shape index (κ2) is 4.50. The first-order chi connectivity index (χ1) is 7.83. The van der Waals surface area contributed by atoms with Crippen molar-refractivity contribution in [2.24, 2.45) is 4.99 Å². The van der Waals surface area contributed by atoms with Gasteiger partial charge in [0.2, 0.25) is 0 Å². The quantitative estimate of drug-likeness (QED) is 0.598. The molecule has 0 unspecified atom stereocenters. The predicted octanol–water partition coefficient (Wildman–Crippen LogP) is 2.60. The van der Waals surface area contributed by atoms with E-state index in [0.29, 0.717) is 12.1 Å². The number of aromatic hydroxyl groups is 1. The highest BCUT2D eigenvalue weighted by Gasteiger charge is 2.03. The topological polar surface area (TPSA) is 32.6 Å². The van der Waals surface area contributed by atoms with Gasteiger partial charge < -0.3 is 5.11 Å². The van der Waals surface area contributed by atoms with E-state index in [1.165, 1.54) is 0 Å². The third kappa shape index (κ3) is 1.89. The summed E-state index contributed by atoms with van der Waals surface area (Å²) in [4.78, 5) is 4.05. The first kappa shape index (κ1) is 10.3. The fourth-order valence-corrected chi connectivity index (χ4v) is 1.61. The van der Waals surface area contributed by atoms with Gasteiger partial charge in [0.25, 0.3) is 0 Å². The maximum Gasteiger partial charge on any atom is 0.124 e. The van der Waals surface area contributed by atoms with Crippen molar-refractivity contribution in [1.82, 2.24) is 0 Å². The Morgan fingerprint density at radius 1 is 1.25 bits per heavy atom. The van der Waals surface area contributed by atoms with Crippen LogP contribution >= 0.6 is 0 Å². The van der Waals surface area contributed by atoms with E-state index in [1.807, 2.05) is 30.3 Å². The number of phenolic OH excluding ortho intramolecular Hbond substituents is 1. The molecule has 0 radical (unpaired) electrons. The Morgan fingerprint density at radius 2 is 2.06 bits per heavy atom. The van der Waals surface area contributed by atoms with Gasteiger partial charge in [0.05, 0.1) is 6.54 Å². The van der Waals surface area contributed by atoms with Crippen LogP contribution in [0.2, 0.25) is 0 Å². The monoisotopic (exact) mass is 209 g/mol. The predicted molar refractivity (Wildman–Crippen MR) is 66.9 cm³/mol. The van der Waals surface area contributed by atoms with Crippen LogP contribution < -0.4 is 0 Å². The summed E-state index contributed by atoms with van der Waals surface area (Å²) in [5.74, 6) is 2.65. The SMILES string of the molecule is C#CCN=Cc1c(O)ccc2ccccc12. The van der Waals surface area contributed by atoms with E-state index >= 15 is 0 Å². The number of nitrogens with zero attached hydrogens (tertiary/aromatic N) is 1. The highest BCUT2D eigenvalue weighted by atomic mass is 16.3. The van der Waals surface area contributed by atoms with E-state index < -0.39 is 0 Å². The highest BCUT2D eigenvalue weighted by Crippen LogP contribution is 2.25. The van der Waals surface area contributed by atoms with E-state index in [0.717, 1.165) is 10.8 Å². The molecular formula is C14H11NO. The molecule has 2 heteroatoms. The van der Waals surface area contributed by atoms with Gasteiger partial charge in [-0.3, -0.25) is 4.99 Å². The Hall–Kier alpha value is -2.27. The minimum absolute atomic E-state index is 0.222. The van der Waals surface area contributed by atoms with Crippen molar-refractivity contribution in [1.29, 1.82) is 0 Å². The molecule has 0 spiro atoms. The van der Waals surface area contributed by atoms with Crippen LogP contribution in [0.3, 0.4) is 0 Å². The van der Waals surface area contributed by atoms with Crippen LogP contribution in [0.25, 0.3) is 10.8 Å². The molecule has 2 aromatic rings. The summed E-state index contributed by atoms with van der Waals surface area (Å²) < 4.78 is 0. The minimum atomic E-state index is 0.222. The number of aliphatic imine (C=N–C) groups is 1. The molecular weight excluding hydrogens is 198 g/mol. The van der Waals surface area contributed by atoms with Crippen LogP contribution in [0.1, 0.15) is 5.56 Å². The Kier molecular flexibility index (Phi) is 2.88. The molecule has 0 aromatic heterocycles. The van der Waals surface area contributed by atoms with Gasteiger partial charge in [-0.05, 0) is 16.8 Å². The van der Waals surface area contributed by atoms with Gasteiger partial charge in [0, 0.05) is 11.8 Å². The van der Waals surface area contributed by atoms with Crippen LogP contribution in [-0.4, -0.2) is 17.9 Å². The zero-order chi connectivity index (χ0) is 11.4. The molecule has 78 valence electrons. The van der Waals surface area contributed by atoms with E-state index in [2.05, 4.69) is 10.9 Å². The highest BCUT2D eigenvalue weighted by molar-refractivity contribution is 6.02. The van der Waals surface area contributed by atoms with Crippen molar-refractivity contribution >= 4 is 17.0 Å². The molecule has 0 aliphatic rings. The van der Waals surface area contributed by atoms with Gasteiger partial charge >= 0.3 is 0 Å². The van der Waals surface area contributed by atoms with Gasteiger partial charge in [0.1, 0.15) is 5.75 Å². The number of rotatable bonds is 2. The molecule has 2 aromatic carbocycles. The average molecular weight is 209 g/mol. The van der Waals surface area contributed by atoms with Crippen LogP contribution in [0.5, 0.6) is 5.75 Å². The smallest absolute Gasteiger partial charge is 0.124 e. The Morgan fingerprint density at radius 3 is 2.88 bits per heavy atom. The van der Waals surface area contributed by atoms with Crippen molar-refractivity contribution in [3.05, 3.63) is 42.0 Å². The third-order valence-electron chi connectivity index (χ3n) is 2.35. The molecule has 0 atom stereocenters. The van der Waals surface area contributed by atoms with Gasteiger partial charge in [-0.25, -0.2) is 0 Å². The molecule has 0 amide bonds. The molecule has 0 heterocycles. The summed E-state index contributed by atoms with van der Waals surface area (Å²) >= 11 is 0. The summed E-state index contributed by atoms with van der Waals surface area (Å²) in [5, 5.41) is 11.8. The Bertz CT molecular complexity index is 579. The minimum Gasteiger partial charge on any atom is -0.507 e. The number of benzene rings is 2. The molecule has 0 saturated heterocycles. The lowest BCUT2D eigenvalue weighted by Crippen LogP contribution is -1.87. The number of fused-ring (bicyclic) bond motifs is 1.